The van der Waals surface area contributed by atoms with Crippen LogP contribution < -0.4 is 5.73 Å². The summed E-state index contributed by atoms with van der Waals surface area (Å²) in [6.07, 6.45) is 6.74. The van der Waals surface area contributed by atoms with Crippen LogP contribution in [-0.4, -0.2) is 43.3 Å². The summed E-state index contributed by atoms with van der Waals surface area (Å²) in [6, 6.07) is 0. The molecule has 0 bridgehead atoms. The summed E-state index contributed by atoms with van der Waals surface area (Å²) in [4.78, 5) is 2.46. The molecule has 1 aliphatic carbocycles. The fourth-order valence-corrected chi connectivity index (χ4v) is 3.32. The fourth-order valence-electron chi connectivity index (χ4n) is 3.32. The minimum atomic E-state index is 0.278. The lowest BCUT2D eigenvalue weighted by molar-refractivity contribution is -0.0541. The van der Waals surface area contributed by atoms with Crippen molar-refractivity contribution in [3.63, 3.8) is 0 Å². The van der Waals surface area contributed by atoms with Crippen LogP contribution in [0.4, 0.5) is 0 Å². The highest BCUT2D eigenvalue weighted by atomic mass is 16.5. The van der Waals surface area contributed by atoms with Gasteiger partial charge in [0.15, 0.2) is 0 Å². The number of rotatable bonds is 4. The molecule has 1 aliphatic heterocycles. The van der Waals surface area contributed by atoms with Crippen LogP contribution in [0.5, 0.6) is 0 Å². The maximum atomic E-state index is 5.95. The van der Waals surface area contributed by atoms with E-state index in [1.165, 1.54) is 32.1 Å². The topological polar surface area (TPSA) is 38.5 Å². The molecular formula is C13H26N2O. The Labute approximate surface area is 99.3 Å². The summed E-state index contributed by atoms with van der Waals surface area (Å²) < 4.78 is 5.80. The Balaban J connectivity index is 1.83. The molecular weight excluding hydrogens is 200 g/mol. The first-order valence-electron chi connectivity index (χ1n) is 6.69. The Hall–Kier alpha value is -0.120. The van der Waals surface area contributed by atoms with Crippen LogP contribution in [0.2, 0.25) is 0 Å². The van der Waals surface area contributed by atoms with E-state index in [1.807, 2.05) is 0 Å². The molecule has 3 heteroatoms. The Morgan fingerprint density at radius 2 is 2.12 bits per heavy atom. The normalized spacial score (nSPS) is 39.8. The Kier molecular flexibility index (Phi) is 3.88. The van der Waals surface area contributed by atoms with Crippen molar-refractivity contribution in [3.8, 4) is 0 Å². The molecule has 1 unspecified atom stereocenters. The fraction of sp³-hybridized carbons (Fsp3) is 1.00. The van der Waals surface area contributed by atoms with Crippen molar-refractivity contribution in [1.82, 2.24) is 4.90 Å². The zero-order valence-corrected chi connectivity index (χ0v) is 10.7. The molecule has 2 aliphatic rings. The average molecular weight is 226 g/mol. The quantitative estimate of drug-likeness (QED) is 0.791. The summed E-state index contributed by atoms with van der Waals surface area (Å²) in [5.41, 5.74) is 6.23. The third-order valence-electron chi connectivity index (χ3n) is 4.40. The van der Waals surface area contributed by atoms with Crippen molar-refractivity contribution in [2.75, 3.05) is 26.7 Å². The van der Waals surface area contributed by atoms with Crippen LogP contribution in [0.1, 0.15) is 39.0 Å². The molecule has 1 saturated heterocycles. The van der Waals surface area contributed by atoms with E-state index in [2.05, 4.69) is 18.9 Å². The third-order valence-corrected chi connectivity index (χ3v) is 4.40. The summed E-state index contributed by atoms with van der Waals surface area (Å²) in [5, 5.41) is 0. The van der Waals surface area contributed by atoms with E-state index in [-0.39, 0.29) is 5.54 Å². The molecule has 0 aromatic rings. The van der Waals surface area contributed by atoms with E-state index in [0.29, 0.717) is 6.10 Å². The zero-order valence-electron chi connectivity index (χ0n) is 10.7. The predicted octanol–water partition coefficient (Wildman–Crippen LogP) is 1.61. The van der Waals surface area contributed by atoms with Crippen molar-refractivity contribution in [2.45, 2.75) is 50.7 Å². The molecule has 0 amide bonds. The molecule has 3 nitrogen and oxygen atoms in total. The molecule has 2 fully saturated rings. The van der Waals surface area contributed by atoms with E-state index in [1.54, 1.807) is 0 Å². The van der Waals surface area contributed by atoms with E-state index in [0.717, 1.165) is 25.6 Å². The molecule has 0 spiro atoms. The van der Waals surface area contributed by atoms with E-state index < -0.39 is 0 Å². The molecule has 1 saturated carbocycles. The van der Waals surface area contributed by atoms with Crippen LogP contribution in [0.15, 0.2) is 0 Å². The molecule has 0 radical (unpaired) electrons. The minimum absolute atomic E-state index is 0.278. The van der Waals surface area contributed by atoms with Crippen molar-refractivity contribution in [1.29, 1.82) is 0 Å². The lowest BCUT2D eigenvalue weighted by atomic mass is 9.68. The average Bonchev–Trinajstić information content (AvgIpc) is 2.25. The highest BCUT2D eigenvalue weighted by molar-refractivity contribution is 5.01. The van der Waals surface area contributed by atoms with Crippen LogP contribution >= 0.6 is 0 Å². The summed E-state index contributed by atoms with van der Waals surface area (Å²) in [6.45, 7) is 5.12. The maximum Gasteiger partial charge on any atom is 0.0702 e. The SMILES string of the molecule is CC1CC(CN)(N(C)CC2CCCCO2)C1. The van der Waals surface area contributed by atoms with E-state index in [4.69, 9.17) is 10.5 Å². The highest BCUT2D eigenvalue weighted by Gasteiger charge is 2.44. The summed E-state index contributed by atoms with van der Waals surface area (Å²) in [7, 11) is 2.22. The number of likely N-dealkylation sites (N-methyl/N-ethyl adjacent to an activating group) is 1. The van der Waals surface area contributed by atoms with Gasteiger partial charge in [-0.25, -0.2) is 0 Å². The van der Waals surface area contributed by atoms with Gasteiger partial charge in [0, 0.05) is 25.2 Å². The lowest BCUT2D eigenvalue weighted by Crippen LogP contribution is -2.61. The first kappa shape index (κ1) is 12.3. The van der Waals surface area contributed by atoms with Gasteiger partial charge in [-0.3, -0.25) is 4.90 Å². The van der Waals surface area contributed by atoms with Crippen LogP contribution in [0.25, 0.3) is 0 Å². The number of ether oxygens (including phenoxy) is 1. The van der Waals surface area contributed by atoms with Gasteiger partial charge in [0.1, 0.15) is 0 Å². The Morgan fingerprint density at radius 3 is 2.62 bits per heavy atom. The van der Waals surface area contributed by atoms with Gasteiger partial charge in [-0.05, 0) is 45.1 Å². The Bertz CT molecular complexity index is 220. The first-order valence-corrected chi connectivity index (χ1v) is 6.69. The van der Waals surface area contributed by atoms with Gasteiger partial charge >= 0.3 is 0 Å². The lowest BCUT2D eigenvalue weighted by Gasteiger charge is -2.52. The van der Waals surface area contributed by atoms with Gasteiger partial charge in [0.25, 0.3) is 0 Å². The second-order valence-electron chi connectivity index (χ2n) is 5.81. The van der Waals surface area contributed by atoms with Gasteiger partial charge < -0.3 is 10.5 Å². The third kappa shape index (κ3) is 2.41. The number of nitrogens with two attached hydrogens (primary N) is 1. The molecule has 0 aromatic heterocycles. The Morgan fingerprint density at radius 1 is 1.38 bits per heavy atom. The van der Waals surface area contributed by atoms with Crippen molar-refractivity contribution in [2.24, 2.45) is 11.7 Å². The number of hydrogen-bond acceptors (Lipinski definition) is 3. The summed E-state index contributed by atoms with van der Waals surface area (Å²) in [5.74, 6) is 0.846. The molecule has 2 N–H and O–H groups in total. The van der Waals surface area contributed by atoms with Crippen molar-refractivity contribution >= 4 is 0 Å². The van der Waals surface area contributed by atoms with Gasteiger partial charge in [-0.2, -0.15) is 0 Å². The molecule has 1 atom stereocenters. The van der Waals surface area contributed by atoms with Gasteiger partial charge in [0.05, 0.1) is 6.10 Å². The molecule has 0 aromatic carbocycles. The second kappa shape index (κ2) is 5.03. The summed E-state index contributed by atoms with van der Waals surface area (Å²) >= 11 is 0. The maximum absolute atomic E-state index is 5.95. The number of hydrogen-bond donors (Lipinski definition) is 1. The van der Waals surface area contributed by atoms with E-state index in [9.17, 15) is 0 Å². The predicted molar refractivity (Wildman–Crippen MR) is 66.4 cm³/mol. The molecule has 16 heavy (non-hydrogen) atoms. The standard InChI is InChI=1S/C13H26N2O/c1-11-7-13(8-11,10-14)15(2)9-12-5-3-4-6-16-12/h11-12H,3-10,14H2,1-2H3. The molecule has 1 heterocycles. The van der Waals surface area contributed by atoms with Gasteiger partial charge in [0.2, 0.25) is 0 Å². The zero-order chi connectivity index (χ0) is 11.6. The van der Waals surface area contributed by atoms with Crippen LogP contribution in [0, 0.1) is 5.92 Å². The van der Waals surface area contributed by atoms with Gasteiger partial charge in [-0.1, -0.05) is 6.92 Å². The second-order valence-corrected chi connectivity index (χ2v) is 5.81. The van der Waals surface area contributed by atoms with E-state index >= 15 is 0 Å². The van der Waals surface area contributed by atoms with Crippen LogP contribution in [-0.2, 0) is 4.74 Å². The molecule has 94 valence electrons. The van der Waals surface area contributed by atoms with Crippen molar-refractivity contribution < 1.29 is 4.74 Å². The first-order chi connectivity index (χ1) is 7.66. The largest absolute Gasteiger partial charge is 0.377 e. The van der Waals surface area contributed by atoms with Gasteiger partial charge in [-0.15, -0.1) is 0 Å². The monoisotopic (exact) mass is 226 g/mol. The minimum Gasteiger partial charge on any atom is -0.377 e. The van der Waals surface area contributed by atoms with Crippen molar-refractivity contribution in [3.05, 3.63) is 0 Å². The smallest absolute Gasteiger partial charge is 0.0702 e. The number of nitrogens with zero attached hydrogens (tertiary/aromatic N) is 1. The van der Waals surface area contributed by atoms with Crippen LogP contribution in [0.3, 0.4) is 0 Å². The highest BCUT2D eigenvalue weighted by Crippen LogP contribution is 2.41. The molecule has 2 rings (SSSR count).